The molecule has 0 bridgehead atoms. The van der Waals surface area contributed by atoms with Gasteiger partial charge >= 0.3 is 0 Å². The molecule has 0 fully saturated rings. The first-order valence-corrected chi connectivity index (χ1v) is 10.5. The first kappa shape index (κ1) is 18.2. The van der Waals surface area contributed by atoms with E-state index in [1.807, 2.05) is 0 Å². The highest BCUT2D eigenvalue weighted by Crippen LogP contribution is 2.54. The Bertz CT molecular complexity index is 1120. The Kier molecular flexibility index (Phi) is 3.83. The van der Waals surface area contributed by atoms with Gasteiger partial charge in [0.15, 0.2) is 0 Å². The van der Waals surface area contributed by atoms with Crippen LogP contribution >= 0.6 is 0 Å². The second-order valence-corrected chi connectivity index (χ2v) is 9.41. The third kappa shape index (κ3) is 2.60. The first-order chi connectivity index (χ1) is 13.8. The number of aromatic nitrogens is 1. The SMILES string of the molecule is Cc1ccc2c(n1)Cc1c-2ccc2c1N(C(C)(C)C)[C@H](C)N2c1ccccc1C. The average molecular weight is 384 g/mol. The van der Waals surface area contributed by atoms with Crippen LogP contribution in [0.3, 0.4) is 0 Å². The lowest BCUT2D eigenvalue weighted by atomic mass is 9.99. The van der Waals surface area contributed by atoms with Gasteiger partial charge in [0.1, 0.15) is 6.17 Å². The van der Waals surface area contributed by atoms with E-state index in [4.69, 9.17) is 4.98 Å². The summed E-state index contributed by atoms with van der Waals surface area (Å²) in [6, 6.07) is 17.7. The van der Waals surface area contributed by atoms with Gasteiger partial charge in [-0.2, -0.15) is 0 Å². The second kappa shape index (κ2) is 6.09. The van der Waals surface area contributed by atoms with Gasteiger partial charge in [-0.3, -0.25) is 4.98 Å². The van der Waals surface area contributed by atoms with Gasteiger partial charge in [-0.15, -0.1) is 0 Å². The summed E-state index contributed by atoms with van der Waals surface area (Å²) in [6.45, 7) is 13.6. The molecule has 148 valence electrons. The lowest BCUT2D eigenvalue weighted by molar-refractivity contribution is 0.467. The molecule has 5 rings (SSSR count). The smallest absolute Gasteiger partial charge is 0.104 e. The number of aryl methyl sites for hydroxylation is 2. The highest BCUT2D eigenvalue weighted by molar-refractivity contribution is 5.94. The summed E-state index contributed by atoms with van der Waals surface area (Å²) in [5, 5.41) is 0. The van der Waals surface area contributed by atoms with Gasteiger partial charge in [-0.1, -0.05) is 30.3 Å². The van der Waals surface area contributed by atoms with Gasteiger partial charge in [0.2, 0.25) is 0 Å². The fourth-order valence-corrected chi connectivity index (χ4v) is 5.24. The number of para-hydroxylation sites is 1. The zero-order chi connectivity index (χ0) is 20.5. The third-order valence-electron chi connectivity index (χ3n) is 6.35. The number of rotatable bonds is 1. The van der Waals surface area contributed by atoms with E-state index in [-0.39, 0.29) is 11.7 Å². The van der Waals surface area contributed by atoms with Crippen molar-refractivity contribution in [3.8, 4) is 11.1 Å². The van der Waals surface area contributed by atoms with Crippen LogP contribution in [0.15, 0.2) is 48.5 Å². The van der Waals surface area contributed by atoms with Gasteiger partial charge in [0.25, 0.3) is 0 Å². The summed E-state index contributed by atoms with van der Waals surface area (Å²) in [7, 11) is 0. The van der Waals surface area contributed by atoms with Crippen LogP contribution in [0.4, 0.5) is 17.1 Å². The predicted molar refractivity (Wildman–Crippen MR) is 122 cm³/mol. The number of hydrogen-bond acceptors (Lipinski definition) is 3. The van der Waals surface area contributed by atoms with Gasteiger partial charge in [-0.25, -0.2) is 0 Å². The molecule has 1 aromatic heterocycles. The van der Waals surface area contributed by atoms with Crippen molar-refractivity contribution in [1.29, 1.82) is 0 Å². The van der Waals surface area contributed by atoms with E-state index in [9.17, 15) is 0 Å². The van der Waals surface area contributed by atoms with Crippen LogP contribution in [0.1, 0.15) is 50.2 Å². The molecule has 2 heterocycles. The normalized spacial score (nSPS) is 17.4. The number of hydrogen-bond donors (Lipinski definition) is 0. The molecule has 29 heavy (non-hydrogen) atoms. The maximum atomic E-state index is 4.86. The number of nitrogens with zero attached hydrogens (tertiary/aromatic N) is 3. The van der Waals surface area contributed by atoms with E-state index >= 15 is 0 Å². The summed E-state index contributed by atoms with van der Waals surface area (Å²) < 4.78 is 0. The summed E-state index contributed by atoms with van der Waals surface area (Å²) in [5.74, 6) is 0. The van der Waals surface area contributed by atoms with Gasteiger partial charge in [0.05, 0.1) is 17.1 Å². The Morgan fingerprint density at radius 3 is 2.34 bits per heavy atom. The molecule has 2 aromatic carbocycles. The molecule has 0 saturated carbocycles. The maximum Gasteiger partial charge on any atom is 0.104 e. The second-order valence-electron chi connectivity index (χ2n) is 9.41. The summed E-state index contributed by atoms with van der Waals surface area (Å²) in [6.07, 6.45) is 1.16. The topological polar surface area (TPSA) is 19.4 Å². The van der Waals surface area contributed by atoms with Crippen LogP contribution in [0.5, 0.6) is 0 Å². The standard InChI is InChI=1S/C26H29N3/c1-16-9-7-8-10-23(16)28-18(3)29(26(4,5)6)25-21-15-22-20(12-11-17(2)27-22)19(21)13-14-24(25)28/h7-14,18H,15H2,1-6H3/t18-/m1/s1. The maximum absolute atomic E-state index is 4.86. The molecule has 1 aliphatic carbocycles. The predicted octanol–water partition coefficient (Wildman–Crippen LogP) is 6.37. The lowest BCUT2D eigenvalue weighted by Crippen LogP contribution is -2.49. The fourth-order valence-electron chi connectivity index (χ4n) is 5.24. The number of fused-ring (bicyclic) bond motifs is 5. The Balaban J connectivity index is 1.76. The molecular weight excluding hydrogens is 354 g/mol. The Hall–Kier alpha value is -2.81. The van der Waals surface area contributed by atoms with E-state index in [1.165, 1.54) is 45.0 Å². The minimum atomic E-state index is 0.0127. The third-order valence-corrected chi connectivity index (χ3v) is 6.35. The van der Waals surface area contributed by atoms with Crippen LogP contribution < -0.4 is 9.80 Å². The van der Waals surface area contributed by atoms with Crippen LogP contribution in [0, 0.1) is 13.8 Å². The van der Waals surface area contributed by atoms with Crippen LogP contribution in [-0.4, -0.2) is 16.7 Å². The van der Waals surface area contributed by atoms with Crippen molar-refractivity contribution in [2.45, 2.75) is 59.7 Å². The molecule has 0 amide bonds. The van der Waals surface area contributed by atoms with Crippen LogP contribution in [-0.2, 0) is 6.42 Å². The molecule has 0 radical (unpaired) electrons. The zero-order valence-corrected chi connectivity index (χ0v) is 18.2. The fraction of sp³-hybridized carbons (Fsp3) is 0.346. The number of benzene rings is 2. The van der Waals surface area contributed by atoms with Gasteiger partial charge < -0.3 is 9.80 Å². The van der Waals surface area contributed by atoms with E-state index in [0.717, 1.165) is 12.1 Å². The molecule has 0 unspecified atom stereocenters. The highest BCUT2D eigenvalue weighted by atomic mass is 15.4. The highest BCUT2D eigenvalue weighted by Gasteiger charge is 2.43. The Morgan fingerprint density at radius 2 is 1.62 bits per heavy atom. The molecule has 0 N–H and O–H groups in total. The molecule has 3 heteroatoms. The summed E-state index contributed by atoms with van der Waals surface area (Å²) >= 11 is 0. The molecule has 1 aliphatic heterocycles. The van der Waals surface area contributed by atoms with Crippen LogP contribution in [0.25, 0.3) is 11.1 Å². The van der Waals surface area contributed by atoms with Gasteiger partial charge in [-0.05, 0) is 76.4 Å². The molecular formula is C26H29N3. The van der Waals surface area contributed by atoms with Crippen molar-refractivity contribution in [3.63, 3.8) is 0 Å². The minimum Gasteiger partial charge on any atom is -0.344 e. The molecule has 0 saturated heterocycles. The van der Waals surface area contributed by atoms with E-state index in [1.54, 1.807) is 0 Å². The molecule has 2 aliphatic rings. The van der Waals surface area contributed by atoms with Crippen molar-refractivity contribution in [1.82, 2.24) is 4.98 Å². The van der Waals surface area contributed by atoms with Crippen LogP contribution in [0.2, 0.25) is 0 Å². The lowest BCUT2D eigenvalue weighted by Gasteiger charge is -2.40. The zero-order valence-electron chi connectivity index (χ0n) is 18.2. The van der Waals surface area contributed by atoms with Gasteiger partial charge in [0, 0.05) is 28.9 Å². The monoisotopic (exact) mass is 383 g/mol. The number of pyridine rings is 1. The first-order valence-electron chi connectivity index (χ1n) is 10.5. The van der Waals surface area contributed by atoms with Crippen molar-refractivity contribution in [2.75, 3.05) is 9.80 Å². The molecule has 3 aromatic rings. The van der Waals surface area contributed by atoms with E-state index in [2.05, 4.69) is 99.9 Å². The van der Waals surface area contributed by atoms with Crippen molar-refractivity contribution in [2.24, 2.45) is 0 Å². The van der Waals surface area contributed by atoms with E-state index < -0.39 is 0 Å². The Morgan fingerprint density at radius 1 is 0.897 bits per heavy atom. The number of anilines is 3. The largest absolute Gasteiger partial charge is 0.344 e. The molecule has 3 nitrogen and oxygen atoms in total. The summed E-state index contributed by atoms with van der Waals surface area (Å²) in [4.78, 5) is 9.97. The van der Waals surface area contributed by atoms with Crippen molar-refractivity contribution < 1.29 is 0 Å². The average Bonchev–Trinajstić information content (AvgIpc) is 3.16. The molecule has 0 spiro atoms. The van der Waals surface area contributed by atoms with Crippen molar-refractivity contribution in [3.05, 3.63) is 71.0 Å². The quantitative estimate of drug-likeness (QED) is 0.380. The minimum absolute atomic E-state index is 0.0127. The Labute approximate surface area is 174 Å². The van der Waals surface area contributed by atoms with E-state index in [0.29, 0.717) is 0 Å². The van der Waals surface area contributed by atoms with Crippen molar-refractivity contribution >= 4 is 17.1 Å². The molecule has 1 atom stereocenters. The summed E-state index contributed by atoms with van der Waals surface area (Å²) in [5.41, 5.74) is 11.7.